The van der Waals surface area contributed by atoms with Crippen LogP contribution in [-0.2, 0) is 0 Å². The monoisotopic (exact) mass is 263 g/mol. The van der Waals surface area contributed by atoms with Gasteiger partial charge in [-0.15, -0.1) is 0 Å². The van der Waals surface area contributed by atoms with Crippen LogP contribution in [0.25, 0.3) is 33.0 Å². The molecule has 4 heteroatoms. The number of furan rings is 1. The highest BCUT2D eigenvalue weighted by atomic mass is 16.4. The number of carboxylic acids is 1. The molecule has 4 aromatic rings. The van der Waals surface area contributed by atoms with Crippen molar-refractivity contribution in [1.29, 1.82) is 0 Å². The largest absolute Gasteiger partial charge is 0.478 e. The van der Waals surface area contributed by atoms with Crippen LogP contribution >= 0.6 is 0 Å². The molecule has 2 aromatic carbocycles. The molecule has 0 bridgehead atoms. The van der Waals surface area contributed by atoms with E-state index in [1.807, 2.05) is 36.4 Å². The van der Waals surface area contributed by atoms with E-state index in [2.05, 4.69) is 4.98 Å². The van der Waals surface area contributed by atoms with Crippen molar-refractivity contribution < 1.29 is 14.3 Å². The Morgan fingerprint density at radius 2 is 1.85 bits per heavy atom. The molecule has 0 spiro atoms. The summed E-state index contributed by atoms with van der Waals surface area (Å²) in [5.74, 6) is -0.977. The second-order valence-corrected chi connectivity index (χ2v) is 4.62. The third kappa shape index (κ3) is 1.42. The number of pyridine rings is 1. The molecule has 20 heavy (non-hydrogen) atoms. The second-order valence-electron chi connectivity index (χ2n) is 4.62. The first-order chi connectivity index (χ1) is 9.74. The van der Waals surface area contributed by atoms with E-state index in [0.717, 1.165) is 16.4 Å². The van der Waals surface area contributed by atoms with Gasteiger partial charge >= 0.3 is 5.97 Å². The Labute approximate surface area is 113 Å². The second kappa shape index (κ2) is 3.81. The molecule has 0 saturated carbocycles. The van der Waals surface area contributed by atoms with Crippen molar-refractivity contribution >= 4 is 38.9 Å². The maximum absolute atomic E-state index is 11.3. The van der Waals surface area contributed by atoms with Crippen molar-refractivity contribution in [3.8, 4) is 0 Å². The van der Waals surface area contributed by atoms with Crippen LogP contribution < -0.4 is 0 Å². The number of fused-ring (bicyclic) bond motifs is 4. The Kier molecular flexibility index (Phi) is 2.09. The summed E-state index contributed by atoms with van der Waals surface area (Å²) in [4.78, 5) is 15.8. The number of rotatable bonds is 1. The Hall–Kier alpha value is -2.88. The van der Waals surface area contributed by atoms with Crippen molar-refractivity contribution in [1.82, 2.24) is 4.98 Å². The zero-order valence-electron chi connectivity index (χ0n) is 10.3. The summed E-state index contributed by atoms with van der Waals surface area (Å²) in [5, 5.41) is 10.9. The molecule has 4 rings (SSSR count). The number of para-hydroxylation sites is 2. The molecule has 2 aromatic heterocycles. The van der Waals surface area contributed by atoms with Crippen LogP contribution in [0, 0.1) is 0 Å². The molecule has 0 aliphatic heterocycles. The molecule has 0 atom stereocenters. The van der Waals surface area contributed by atoms with Gasteiger partial charge in [0.25, 0.3) is 0 Å². The van der Waals surface area contributed by atoms with E-state index < -0.39 is 5.97 Å². The molecule has 0 unspecified atom stereocenters. The number of hydrogen-bond acceptors (Lipinski definition) is 3. The van der Waals surface area contributed by atoms with E-state index in [9.17, 15) is 9.90 Å². The van der Waals surface area contributed by atoms with Gasteiger partial charge in [0.1, 0.15) is 11.1 Å². The summed E-state index contributed by atoms with van der Waals surface area (Å²) in [6, 6.07) is 14.5. The zero-order valence-corrected chi connectivity index (χ0v) is 10.3. The van der Waals surface area contributed by atoms with Crippen LogP contribution in [0.15, 0.2) is 52.9 Å². The van der Waals surface area contributed by atoms with Gasteiger partial charge in [0.15, 0.2) is 5.58 Å². The maximum Gasteiger partial charge on any atom is 0.337 e. The number of aromatic carboxylic acids is 1. The van der Waals surface area contributed by atoms with Crippen LogP contribution in [-0.4, -0.2) is 16.1 Å². The standard InChI is InChI=1S/C16H9NO3/c18-16(19)11-6-3-4-9-8-13-15(17-14(9)11)10-5-1-2-7-12(10)20-13/h1-8H,(H,18,19). The Bertz CT molecular complexity index is 985. The molecule has 0 amide bonds. The minimum absolute atomic E-state index is 0.203. The van der Waals surface area contributed by atoms with Crippen LogP contribution in [0.4, 0.5) is 0 Å². The highest BCUT2D eigenvalue weighted by molar-refractivity contribution is 6.09. The fraction of sp³-hybridized carbons (Fsp3) is 0. The minimum atomic E-state index is -0.977. The summed E-state index contributed by atoms with van der Waals surface area (Å²) >= 11 is 0. The fourth-order valence-corrected chi connectivity index (χ4v) is 2.49. The van der Waals surface area contributed by atoms with Crippen LogP contribution in [0.5, 0.6) is 0 Å². The van der Waals surface area contributed by atoms with Gasteiger partial charge in [-0.05, 0) is 24.3 Å². The van der Waals surface area contributed by atoms with Gasteiger partial charge in [0.05, 0.1) is 11.1 Å². The lowest BCUT2D eigenvalue weighted by molar-refractivity contribution is 0.0699. The molecule has 4 nitrogen and oxygen atoms in total. The molecule has 0 aliphatic carbocycles. The lowest BCUT2D eigenvalue weighted by Gasteiger charge is -2.01. The highest BCUT2D eigenvalue weighted by Gasteiger charge is 2.13. The summed E-state index contributed by atoms with van der Waals surface area (Å²) in [6.45, 7) is 0. The SMILES string of the molecule is O=C(O)c1cccc2cc3oc4ccccc4c3nc12. The highest BCUT2D eigenvalue weighted by Crippen LogP contribution is 2.30. The molecule has 0 radical (unpaired) electrons. The molecule has 2 heterocycles. The minimum Gasteiger partial charge on any atom is -0.478 e. The molecular formula is C16H9NO3. The van der Waals surface area contributed by atoms with E-state index in [4.69, 9.17) is 4.42 Å². The van der Waals surface area contributed by atoms with Gasteiger partial charge in [0.2, 0.25) is 0 Å². The van der Waals surface area contributed by atoms with E-state index in [0.29, 0.717) is 16.6 Å². The van der Waals surface area contributed by atoms with E-state index in [1.165, 1.54) is 0 Å². The van der Waals surface area contributed by atoms with Crippen LogP contribution in [0.2, 0.25) is 0 Å². The molecule has 1 N–H and O–H groups in total. The third-order valence-electron chi connectivity index (χ3n) is 3.40. The predicted octanol–water partition coefficient (Wildman–Crippen LogP) is 3.83. The third-order valence-corrected chi connectivity index (χ3v) is 3.40. The maximum atomic E-state index is 11.3. The van der Waals surface area contributed by atoms with Crippen molar-refractivity contribution in [2.45, 2.75) is 0 Å². The average Bonchev–Trinajstić information content (AvgIpc) is 2.81. The quantitative estimate of drug-likeness (QED) is 0.566. The Morgan fingerprint density at radius 1 is 1.00 bits per heavy atom. The van der Waals surface area contributed by atoms with Crippen LogP contribution in [0.1, 0.15) is 10.4 Å². The number of nitrogens with zero attached hydrogens (tertiary/aromatic N) is 1. The fourth-order valence-electron chi connectivity index (χ4n) is 2.49. The number of carbonyl (C=O) groups is 1. The van der Waals surface area contributed by atoms with Gasteiger partial charge in [-0.2, -0.15) is 0 Å². The summed E-state index contributed by atoms with van der Waals surface area (Å²) in [7, 11) is 0. The van der Waals surface area contributed by atoms with Crippen LogP contribution in [0.3, 0.4) is 0 Å². The normalized spacial score (nSPS) is 11.4. The lowest BCUT2D eigenvalue weighted by atomic mass is 10.1. The average molecular weight is 263 g/mol. The zero-order chi connectivity index (χ0) is 13.7. The number of carboxylic acid groups (broad SMARTS) is 1. The van der Waals surface area contributed by atoms with Gasteiger partial charge in [-0.3, -0.25) is 0 Å². The molecule has 0 fully saturated rings. The summed E-state index contributed by atoms with van der Waals surface area (Å²) in [5.41, 5.74) is 2.80. The van der Waals surface area contributed by atoms with Crippen molar-refractivity contribution in [2.75, 3.05) is 0 Å². The van der Waals surface area contributed by atoms with E-state index in [1.54, 1.807) is 12.1 Å². The van der Waals surface area contributed by atoms with Gasteiger partial charge < -0.3 is 9.52 Å². The topological polar surface area (TPSA) is 63.3 Å². The first kappa shape index (κ1) is 11.0. The van der Waals surface area contributed by atoms with E-state index in [-0.39, 0.29) is 5.56 Å². The first-order valence-electron chi connectivity index (χ1n) is 6.18. The number of benzene rings is 2. The summed E-state index contributed by atoms with van der Waals surface area (Å²) < 4.78 is 5.75. The van der Waals surface area contributed by atoms with E-state index >= 15 is 0 Å². The Morgan fingerprint density at radius 3 is 2.70 bits per heavy atom. The first-order valence-corrected chi connectivity index (χ1v) is 6.18. The number of aromatic nitrogens is 1. The number of hydrogen-bond donors (Lipinski definition) is 1. The predicted molar refractivity (Wildman–Crippen MR) is 76.0 cm³/mol. The van der Waals surface area contributed by atoms with Gasteiger partial charge in [-0.25, -0.2) is 9.78 Å². The lowest BCUT2D eigenvalue weighted by Crippen LogP contribution is -1.98. The molecule has 0 aliphatic rings. The molecular weight excluding hydrogens is 254 g/mol. The molecule has 96 valence electrons. The Balaban J connectivity index is 2.22. The smallest absolute Gasteiger partial charge is 0.337 e. The molecule has 0 saturated heterocycles. The van der Waals surface area contributed by atoms with Gasteiger partial charge in [-0.1, -0.05) is 24.3 Å². The van der Waals surface area contributed by atoms with Crippen molar-refractivity contribution in [2.24, 2.45) is 0 Å². The van der Waals surface area contributed by atoms with Crippen molar-refractivity contribution in [3.63, 3.8) is 0 Å². The van der Waals surface area contributed by atoms with Crippen molar-refractivity contribution in [3.05, 3.63) is 54.1 Å². The summed E-state index contributed by atoms with van der Waals surface area (Å²) in [6.07, 6.45) is 0. The van der Waals surface area contributed by atoms with Gasteiger partial charge in [0, 0.05) is 10.8 Å².